The minimum Gasteiger partial charge on any atom is -0.497 e. The summed E-state index contributed by atoms with van der Waals surface area (Å²) in [6.07, 6.45) is 0.130. The maximum absolute atomic E-state index is 12.3. The highest BCUT2D eigenvalue weighted by molar-refractivity contribution is 7.12. The van der Waals surface area contributed by atoms with E-state index < -0.39 is 65.5 Å². The van der Waals surface area contributed by atoms with Crippen molar-refractivity contribution >= 4 is 69.5 Å². The average molecular weight is 1450 g/mol. The van der Waals surface area contributed by atoms with Crippen molar-refractivity contribution in [2.24, 2.45) is 11.5 Å². The number of rotatable bonds is 30. The summed E-state index contributed by atoms with van der Waals surface area (Å²) in [5, 5.41) is 13.8. The molecule has 7 aromatic rings. The maximum Gasteiger partial charge on any atom is 0.573 e. The number of thiazole rings is 3. The third-order valence-corrected chi connectivity index (χ3v) is 17.3. The van der Waals surface area contributed by atoms with Gasteiger partial charge in [-0.1, -0.05) is 70.4 Å². The third-order valence-electron chi connectivity index (χ3n) is 13.9. The number of ether oxygens (including phenoxy) is 7. The number of amides is 6. The molecule has 1 aliphatic carbocycles. The second-order valence-electron chi connectivity index (χ2n) is 21.4. The number of nitrogens with one attached hydrogen (secondary N) is 4. The Bertz CT molecular complexity index is 3820. The van der Waals surface area contributed by atoms with Crippen LogP contribution in [0.3, 0.4) is 0 Å². The van der Waals surface area contributed by atoms with Crippen LogP contribution in [0.25, 0.3) is 0 Å². The number of nitrogens with zero attached hydrogens (tertiary/aromatic N) is 3. The average Bonchev–Trinajstić information content (AvgIpc) is 1.69. The molecule has 3 heterocycles. The van der Waals surface area contributed by atoms with Crippen molar-refractivity contribution in [3.05, 3.63) is 150 Å². The number of halogens is 9. The minimum absolute atomic E-state index is 0.0478. The lowest BCUT2D eigenvalue weighted by Gasteiger charge is -2.31. The first kappa shape index (κ1) is 78.1. The third kappa shape index (κ3) is 27.2. The first-order valence-electron chi connectivity index (χ1n) is 30.1. The zero-order valence-electron chi connectivity index (χ0n) is 53.2. The molecule has 1 saturated carbocycles. The Morgan fingerprint density at radius 2 is 0.970 bits per heavy atom. The Hall–Kier alpha value is -9.88. The Morgan fingerprint density at radius 3 is 1.38 bits per heavy atom. The number of carbonyl (C=O) groups is 6. The highest BCUT2D eigenvalue weighted by Gasteiger charge is 2.38. The fourth-order valence-electron chi connectivity index (χ4n) is 9.17. The summed E-state index contributed by atoms with van der Waals surface area (Å²) in [6.45, 7) is 3.66. The summed E-state index contributed by atoms with van der Waals surface area (Å²) in [6, 6.07) is 21.3. The summed E-state index contributed by atoms with van der Waals surface area (Å²) < 4.78 is 142. The molecule has 34 heteroatoms. The Morgan fingerprint density at radius 1 is 0.556 bits per heavy atom. The van der Waals surface area contributed by atoms with E-state index in [0.29, 0.717) is 26.4 Å². The van der Waals surface area contributed by atoms with Crippen LogP contribution >= 0.6 is 34.0 Å². The molecule has 1 atom stereocenters. The smallest absolute Gasteiger partial charge is 0.497 e. The quantitative estimate of drug-likeness (QED) is 0.0138. The van der Waals surface area contributed by atoms with Crippen molar-refractivity contribution in [3.63, 3.8) is 0 Å². The Labute approximate surface area is 573 Å². The van der Waals surface area contributed by atoms with Crippen LogP contribution in [-0.4, -0.2) is 96.4 Å². The maximum atomic E-state index is 12.3. The molecule has 99 heavy (non-hydrogen) atoms. The van der Waals surface area contributed by atoms with Gasteiger partial charge < -0.3 is 65.9 Å². The first-order chi connectivity index (χ1) is 46.9. The van der Waals surface area contributed by atoms with E-state index in [4.69, 9.17) is 36.8 Å². The standard InChI is InChI=1S/C22H20F3N3O5S.C22H22F3N3O4S.C21H26F3N3O4S/c1-31-15-4-2-14(3-5-15)10-27-21(30)18-13-34-20(28-18)11-26-19(29)12-32-16-6-8-17(9-7-16)33-22(23,24)25;1-2-21(10-4-3-5-11-21)19-18(20(26)30)28-17(33-19)12-27-16(29)13-31-14-6-8-15(9-7-14)32-22(23,24)25;1-3-4-5-6-13(2)19-18(20(25)29)27-17(32-19)11-26-16(28)12-30-14-7-9-15(10-8-14)31-21(22,23)24/h2-9,13H,10-12H2,1H3,(H,26,29)(H,27,30);1,6-9H,3-5,10-13H2,(H2,26,30)(H,27,29);7-10,13H,3-6,11-12H2,1-2H3,(H2,25,29)(H,26,28). The number of primary amides is 2. The molecule has 0 radical (unpaired) electrons. The molecule has 1 unspecified atom stereocenters. The number of unbranched alkanes of at least 4 members (excludes halogenated alkanes) is 2. The molecule has 4 aromatic carbocycles. The van der Waals surface area contributed by atoms with Gasteiger partial charge in [0.25, 0.3) is 35.4 Å². The summed E-state index contributed by atoms with van der Waals surface area (Å²) in [4.78, 5) is 86.4. The van der Waals surface area contributed by atoms with Gasteiger partial charge in [0.2, 0.25) is 0 Å². The molecular weight excluding hydrogens is 1380 g/mol. The predicted molar refractivity (Wildman–Crippen MR) is 345 cm³/mol. The van der Waals surface area contributed by atoms with Crippen LogP contribution < -0.4 is 65.9 Å². The molecule has 0 spiro atoms. The number of carbonyl (C=O) groups excluding carboxylic acids is 6. The fourth-order valence-corrected chi connectivity index (χ4v) is 12.2. The van der Waals surface area contributed by atoms with Crippen LogP contribution in [0, 0.1) is 12.3 Å². The predicted octanol–water partition coefficient (Wildman–Crippen LogP) is 11.9. The molecule has 1 fully saturated rings. The van der Waals surface area contributed by atoms with E-state index in [9.17, 15) is 68.3 Å². The monoisotopic (exact) mass is 1450 g/mol. The number of benzene rings is 4. The van der Waals surface area contributed by atoms with Crippen LogP contribution in [0.15, 0.2) is 102 Å². The van der Waals surface area contributed by atoms with Crippen LogP contribution in [0.1, 0.15) is 139 Å². The van der Waals surface area contributed by atoms with E-state index in [1.54, 1.807) is 24.6 Å². The van der Waals surface area contributed by atoms with Gasteiger partial charge in [-0.15, -0.1) is 79.9 Å². The fraction of sp³-hybridized carbons (Fsp3) is 0.369. The number of hydrogen-bond donors (Lipinski definition) is 6. The number of hydrogen-bond acceptors (Lipinski definition) is 19. The molecule has 8 rings (SSSR count). The SMILES string of the molecule is C#CC1(c2sc(CNC(=O)COc3ccc(OC(F)(F)F)cc3)nc2C(N)=O)CCCCC1.CCCCCC(C)c1sc(CNC(=O)COc2ccc(OC(F)(F)F)cc2)nc1C(N)=O.COc1ccc(CNC(=O)c2csc(CNC(=O)COc3ccc(OC(F)(F)F)cc3)n2)cc1. The van der Waals surface area contributed by atoms with Crippen LogP contribution in [0.2, 0.25) is 0 Å². The Balaban J connectivity index is 0.000000234. The van der Waals surface area contributed by atoms with Gasteiger partial charge in [-0.05, 0) is 116 Å². The lowest BCUT2D eigenvalue weighted by atomic mass is 9.73. The molecule has 0 saturated heterocycles. The molecule has 6 amide bonds. The molecule has 8 N–H and O–H groups in total. The topological polar surface area (TPSA) is 306 Å². The van der Waals surface area contributed by atoms with Gasteiger partial charge in [-0.25, -0.2) is 15.0 Å². The lowest BCUT2D eigenvalue weighted by Crippen LogP contribution is -2.29. The molecule has 0 bridgehead atoms. The van der Waals surface area contributed by atoms with Gasteiger partial charge in [0.05, 0.1) is 37.0 Å². The van der Waals surface area contributed by atoms with Crippen LogP contribution in [0.5, 0.6) is 40.2 Å². The number of terminal acetylenes is 1. The van der Waals surface area contributed by atoms with Crippen molar-refractivity contribution in [2.75, 3.05) is 26.9 Å². The zero-order chi connectivity index (χ0) is 72.3. The normalized spacial score (nSPS) is 12.8. The Kier molecular flexibility index (Phi) is 29.3. The van der Waals surface area contributed by atoms with E-state index >= 15 is 0 Å². The van der Waals surface area contributed by atoms with Crippen molar-refractivity contribution in [1.82, 2.24) is 36.2 Å². The van der Waals surface area contributed by atoms with Gasteiger partial charge in [0.1, 0.15) is 72.4 Å². The number of methoxy groups -OCH3 is 1. The number of alkyl halides is 9. The second kappa shape index (κ2) is 37.2. The number of aromatic nitrogens is 3. The minimum atomic E-state index is -4.79. The van der Waals surface area contributed by atoms with Crippen molar-refractivity contribution in [3.8, 4) is 52.6 Å². The van der Waals surface area contributed by atoms with E-state index in [-0.39, 0.29) is 91.4 Å². The van der Waals surface area contributed by atoms with E-state index in [2.05, 4.69) is 63.3 Å². The van der Waals surface area contributed by atoms with Gasteiger partial charge >= 0.3 is 19.1 Å². The van der Waals surface area contributed by atoms with Crippen molar-refractivity contribution in [1.29, 1.82) is 0 Å². The van der Waals surface area contributed by atoms with Gasteiger partial charge in [0.15, 0.2) is 19.8 Å². The number of nitrogens with two attached hydrogens (primary N) is 2. The molecule has 1 aliphatic rings. The second-order valence-corrected chi connectivity index (χ2v) is 24.6. The lowest BCUT2D eigenvalue weighted by molar-refractivity contribution is -0.275. The summed E-state index contributed by atoms with van der Waals surface area (Å²) in [5.74, 6) is 0.142. The van der Waals surface area contributed by atoms with E-state index in [1.807, 2.05) is 19.1 Å². The summed E-state index contributed by atoms with van der Waals surface area (Å²) in [7, 11) is 1.57. The van der Waals surface area contributed by atoms with E-state index in [1.165, 1.54) is 70.4 Å². The first-order valence-corrected chi connectivity index (χ1v) is 32.6. The molecule has 3 aromatic heterocycles. The highest BCUT2D eigenvalue weighted by atomic mass is 32.1. The van der Waals surface area contributed by atoms with Crippen LogP contribution in [0.4, 0.5) is 39.5 Å². The largest absolute Gasteiger partial charge is 0.573 e. The highest BCUT2D eigenvalue weighted by Crippen LogP contribution is 2.43. The van der Waals surface area contributed by atoms with Crippen molar-refractivity contribution in [2.45, 2.75) is 128 Å². The van der Waals surface area contributed by atoms with Gasteiger partial charge in [0, 0.05) is 16.8 Å². The molecule has 0 aliphatic heterocycles. The molecule has 532 valence electrons. The summed E-state index contributed by atoms with van der Waals surface area (Å²) in [5.41, 5.74) is 11.9. The van der Waals surface area contributed by atoms with Gasteiger partial charge in [-0.3, -0.25) is 28.8 Å². The molecular formula is C65H68F9N9O13S3. The van der Waals surface area contributed by atoms with Crippen molar-refractivity contribution < 1.29 is 101 Å². The van der Waals surface area contributed by atoms with Crippen LogP contribution in [-0.2, 0) is 46.0 Å². The molecule has 22 nitrogen and oxygen atoms in total. The van der Waals surface area contributed by atoms with E-state index in [0.717, 1.165) is 110 Å². The van der Waals surface area contributed by atoms with Gasteiger partial charge in [-0.2, -0.15) is 0 Å². The summed E-state index contributed by atoms with van der Waals surface area (Å²) >= 11 is 3.82. The zero-order valence-corrected chi connectivity index (χ0v) is 55.7.